The second kappa shape index (κ2) is 5.75. The molecular weight excluding hydrogens is 322 g/mol. The minimum Gasteiger partial charge on any atom is -0.372 e. The maximum atomic E-state index is 5.49. The summed E-state index contributed by atoms with van der Waals surface area (Å²) in [4.78, 5) is 0. The van der Waals surface area contributed by atoms with Crippen LogP contribution >= 0.6 is 27.3 Å². The molecule has 1 aliphatic rings. The first-order chi connectivity index (χ1) is 9.28. The third-order valence-electron chi connectivity index (χ3n) is 3.41. The summed E-state index contributed by atoms with van der Waals surface area (Å²) in [5.41, 5.74) is 5.29. The van der Waals surface area contributed by atoms with Crippen molar-refractivity contribution in [2.45, 2.75) is 26.2 Å². The quantitative estimate of drug-likeness (QED) is 0.900. The standard InChI is InChI=1S/C15H16BrNOS/c1-2-17-15(13-6-14(16)19-9-13)10-3-4-11-7-18-8-12(11)5-10/h3-6,9,15,17H,2,7-8H2,1H3. The van der Waals surface area contributed by atoms with Gasteiger partial charge in [0.15, 0.2) is 0 Å². The van der Waals surface area contributed by atoms with Crippen LogP contribution in [-0.4, -0.2) is 6.54 Å². The Labute approximate surface area is 125 Å². The molecule has 1 aromatic heterocycles. The summed E-state index contributed by atoms with van der Waals surface area (Å²) in [5.74, 6) is 0. The van der Waals surface area contributed by atoms with E-state index < -0.39 is 0 Å². The summed E-state index contributed by atoms with van der Waals surface area (Å²) in [6.45, 7) is 4.59. The molecule has 1 aliphatic heterocycles. The molecule has 0 bridgehead atoms. The molecule has 2 nitrogen and oxygen atoms in total. The van der Waals surface area contributed by atoms with Gasteiger partial charge in [-0.1, -0.05) is 25.1 Å². The molecular formula is C15H16BrNOS. The number of halogens is 1. The average Bonchev–Trinajstić information content (AvgIpc) is 3.03. The monoisotopic (exact) mass is 337 g/mol. The summed E-state index contributed by atoms with van der Waals surface area (Å²) >= 11 is 5.28. The van der Waals surface area contributed by atoms with Crippen molar-refractivity contribution in [3.8, 4) is 0 Å². The maximum Gasteiger partial charge on any atom is 0.0725 e. The van der Waals surface area contributed by atoms with Gasteiger partial charge in [0, 0.05) is 0 Å². The van der Waals surface area contributed by atoms with Gasteiger partial charge in [0.25, 0.3) is 0 Å². The first kappa shape index (κ1) is 13.3. The van der Waals surface area contributed by atoms with E-state index in [0.717, 1.165) is 19.8 Å². The third-order valence-corrected chi connectivity index (χ3v) is 4.93. The van der Waals surface area contributed by atoms with Crippen molar-refractivity contribution in [2.75, 3.05) is 6.54 Å². The predicted molar refractivity (Wildman–Crippen MR) is 82.5 cm³/mol. The molecule has 1 aromatic carbocycles. The Balaban J connectivity index is 1.95. The van der Waals surface area contributed by atoms with Crippen molar-refractivity contribution in [1.82, 2.24) is 5.32 Å². The molecule has 0 amide bonds. The molecule has 0 spiro atoms. The number of hydrogen-bond donors (Lipinski definition) is 1. The fourth-order valence-corrected chi connectivity index (χ4v) is 3.68. The lowest BCUT2D eigenvalue weighted by Gasteiger charge is -2.18. The average molecular weight is 338 g/mol. The summed E-state index contributed by atoms with van der Waals surface area (Å²) in [5, 5.41) is 5.77. The number of hydrogen-bond acceptors (Lipinski definition) is 3. The van der Waals surface area contributed by atoms with Crippen LogP contribution in [0.1, 0.15) is 35.2 Å². The lowest BCUT2D eigenvalue weighted by molar-refractivity contribution is 0.134. The van der Waals surface area contributed by atoms with Crippen molar-refractivity contribution in [3.63, 3.8) is 0 Å². The maximum absolute atomic E-state index is 5.49. The molecule has 0 fully saturated rings. The number of benzene rings is 1. The molecule has 19 heavy (non-hydrogen) atoms. The first-order valence-corrected chi connectivity index (χ1v) is 8.12. The molecule has 4 heteroatoms. The smallest absolute Gasteiger partial charge is 0.0725 e. The summed E-state index contributed by atoms with van der Waals surface area (Å²) in [6.07, 6.45) is 0. The highest BCUT2D eigenvalue weighted by atomic mass is 79.9. The highest BCUT2D eigenvalue weighted by Crippen LogP contribution is 2.31. The highest BCUT2D eigenvalue weighted by Gasteiger charge is 2.18. The van der Waals surface area contributed by atoms with Gasteiger partial charge < -0.3 is 10.1 Å². The Hall–Kier alpha value is -0.680. The zero-order valence-electron chi connectivity index (χ0n) is 10.8. The molecule has 3 rings (SSSR count). The molecule has 100 valence electrons. The number of ether oxygens (including phenoxy) is 1. The van der Waals surface area contributed by atoms with Gasteiger partial charge in [-0.05, 0) is 56.2 Å². The van der Waals surface area contributed by atoms with Crippen LogP contribution < -0.4 is 5.32 Å². The van der Waals surface area contributed by atoms with E-state index in [1.54, 1.807) is 11.3 Å². The molecule has 0 radical (unpaired) electrons. The van der Waals surface area contributed by atoms with E-state index >= 15 is 0 Å². The van der Waals surface area contributed by atoms with Gasteiger partial charge in [-0.2, -0.15) is 0 Å². The molecule has 0 aliphatic carbocycles. The van der Waals surface area contributed by atoms with E-state index in [1.165, 1.54) is 26.0 Å². The van der Waals surface area contributed by atoms with Crippen molar-refractivity contribution >= 4 is 27.3 Å². The molecule has 1 atom stereocenters. The minimum absolute atomic E-state index is 0.262. The first-order valence-electron chi connectivity index (χ1n) is 6.44. The summed E-state index contributed by atoms with van der Waals surface area (Å²) < 4.78 is 6.67. The largest absolute Gasteiger partial charge is 0.372 e. The second-order valence-electron chi connectivity index (χ2n) is 4.70. The van der Waals surface area contributed by atoms with Crippen LogP contribution in [0.4, 0.5) is 0 Å². The Morgan fingerprint density at radius 1 is 1.26 bits per heavy atom. The minimum atomic E-state index is 0.262. The number of nitrogens with one attached hydrogen (secondary N) is 1. The van der Waals surface area contributed by atoms with Gasteiger partial charge in [-0.25, -0.2) is 0 Å². The van der Waals surface area contributed by atoms with Crippen LogP contribution in [0.15, 0.2) is 33.4 Å². The lowest BCUT2D eigenvalue weighted by atomic mass is 9.97. The van der Waals surface area contributed by atoms with Crippen LogP contribution in [0.2, 0.25) is 0 Å². The fraction of sp³-hybridized carbons (Fsp3) is 0.333. The van der Waals surface area contributed by atoms with Crippen molar-refractivity contribution < 1.29 is 4.74 Å². The third kappa shape index (κ3) is 2.77. The number of rotatable bonds is 4. The Kier molecular flexibility index (Phi) is 4.03. The Bertz CT molecular complexity index is 581. The van der Waals surface area contributed by atoms with E-state index in [1.807, 2.05) is 0 Å². The highest BCUT2D eigenvalue weighted by molar-refractivity contribution is 9.11. The number of thiophene rings is 1. The topological polar surface area (TPSA) is 21.3 Å². The van der Waals surface area contributed by atoms with E-state index in [4.69, 9.17) is 4.74 Å². The van der Waals surface area contributed by atoms with Crippen LogP contribution in [0, 0.1) is 0 Å². The van der Waals surface area contributed by atoms with E-state index in [2.05, 4.69) is 57.8 Å². The molecule has 2 heterocycles. The zero-order valence-corrected chi connectivity index (χ0v) is 13.2. The van der Waals surface area contributed by atoms with E-state index in [9.17, 15) is 0 Å². The van der Waals surface area contributed by atoms with Crippen LogP contribution in [0.5, 0.6) is 0 Å². The van der Waals surface area contributed by atoms with Gasteiger partial charge >= 0.3 is 0 Å². The summed E-state index contributed by atoms with van der Waals surface area (Å²) in [6, 6.07) is 9.15. The molecule has 1 unspecified atom stereocenters. The van der Waals surface area contributed by atoms with Crippen LogP contribution in [0.3, 0.4) is 0 Å². The Morgan fingerprint density at radius 3 is 2.84 bits per heavy atom. The second-order valence-corrected chi connectivity index (χ2v) is 6.99. The molecule has 2 aromatic rings. The van der Waals surface area contributed by atoms with E-state index in [-0.39, 0.29) is 6.04 Å². The molecule has 1 N–H and O–H groups in total. The Morgan fingerprint density at radius 2 is 2.11 bits per heavy atom. The van der Waals surface area contributed by atoms with Crippen molar-refractivity contribution in [3.05, 3.63) is 55.7 Å². The van der Waals surface area contributed by atoms with Gasteiger partial charge in [-0.3, -0.25) is 0 Å². The predicted octanol–water partition coefficient (Wildman–Crippen LogP) is 4.24. The normalized spacial score (nSPS) is 15.5. The van der Waals surface area contributed by atoms with Gasteiger partial charge in [0.1, 0.15) is 0 Å². The fourth-order valence-electron chi connectivity index (χ4n) is 2.48. The van der Waals surface area contributed by atoms with Crippen molar-refractivity contribution in [1.29, 1.82) is 0 Å². The van der Waals surface area contributed by atoms with Gasteiger partial charge in [-0.15, -0.1) is 11.3 Å². The van der Waals surface area contributed by atoms with Crippen LogP contribution in [0.25, 0.3) is 0 Å². The lowest BCUT2D eigenvalue weighted by Crippen LogP contribution is -2.21. The van der Waals surface area contributed by atoms with Gasteiger partial charge in [0.05, 0.1) is 23.0 Å². The van der Waals surface area contributed by atoms with Crippen molar-refractivity contribution in [2.24, 2.45) is 0 Å². The SMILES string of the molecule is CCNC(c1csc(Br)c1)c1ccc2c(c1)COC2. The molecule has 0 saturated heterocycles. The van der Waals surface area contributed by atoms with Crippen LogP contribution in [-0.2, 0) is 18.0 Å². The molecule has 0 saturated carbocycles. The van der Waals surface area contributed by atoms with E-state index in [0.29, 0.717) is 0 Å². The zero-order chi connectivity index (χ0) is 13.2. The number of fused-ring (bicyclic) bond motifs is 1. The summed E-state index contributed by atoms with van der Waals surface area (Å²) in [7, 11) is 0. The van der Waals surface area contributed by atoms with Gasteiger partial charge in [0.2, 0.25) is 0 Å².